The molecule has 0 radical (unpaired) electrons. The zero-order valence-electron chi connectivity index (χ0n) is 23.4. The van der Waals surface area contributed by atoms with Gasteiger partial charge in [0.15, 0.2) is 0 Å². The Labute approximate surface area is 226 Å². The molecule has 0 saturated carbocycles. The molecule has 1 aliphatic heterocycles. The smallest absolute Gasteiger partial charge is 0.324 e. The summed E-state index contributed by atoms with van der Waals surface area (Å²) in [7, 11) is 0. The van der Waals surface area contributed by atoms with Gasteiger partial charge in [0.05, 0.1) is 11.4 Å². The van der Waals surface area contributed by atoms with Gasteiger partial charge in [-0.05, 0) is 62.3 Å². The van der Waals surface area contributed by atoms with E-state index < -0.39 is 0 Å². The highest BCUT2D eigenvalue weighted by atomic mass is 16.2. The molecule has 3 aromatic rings. The lowest BCUT2D eigenvalue weighted by molar-refractivity contribution is -0.132. The SMILES string of the molecule is CCCC(=O)N1CCC(Cc2ccccc2NC(=O)Nc2cc(C(C)(C)C)nn2-c2ccc(C)cc2)CC1. The van der Waals surface area contributed by atoms with Gasteiger partial charge in [0.2, 0.25) is 5.91 Å². The van der Waals surface area contributed by atoms with Crippen LogP contribution in [0.4, 0.5) is 16.3 Å². The second-order valence-electron chi connectivity index (χ2n) is 11.4. The van der Waals surface area contributed by atoms with E-state index >= 15 is 0 Å². The molecule has 1 saturated heterocycles. The molecule has 2 N–H and O–H groups in total. The fraction of sp³-hybridized carbons (Fsp3) is 0.452. The summed E-state index contributed by atoms with van der Waals surface area (Å²) >= 11 is 0. The highest BCUT2D eigenvalue weighted by Gasteiger charge is 2.24. The first kappa shape index (κ1) is 27.4. The molecule has 4 rings (SSSR count). The van der Waals surface area contributed by atoms with Crippen molar-refractivity contribution >= 4 is 23.4 Å². The predicted molar refractivity (Wildman–Crippen MR) is 154 cm³/mol. The number of piperidine rings is 1. The van der Waals surface area contributed by atoms with Crippen molar-refractivity contribution in [1.29, 1.82) is 0 Å². The lowest BCUT2D eigenvalue weighted by Crippen LogP contribution is -2.38. The monoisotopic (exact) mass is 515 g/mol. The van der Waals surface area contributed by atoms with Crippen molar-refractivity contribution in [3.8, 4) is 5.69 Å². The van der Waals surface area contributed by atoms with E-state index in [1.165, 1.54) is 5.56 Å². The van der Waals surface area contributed by atoms with Gasteiger partial charge in [0, 0.05) is 36.7 Å². The Morgan fingerprint density at radius 1 is 1.00 bits per heavy atom. The fourth-order valence-electron chi connectivity index (χ4n) is 4.88. The van der Waals surface area contributed by atoms with Crippen LogP contribution in [0.25, 0.3) is 5.69 Å². The molecule has 38 heavy (non-hydrogen) atoms. The maximum Gasteiger partial charge on any atom is 0.324 e. The maximum absolute atomic E-state index is 13.2. The molecule has 1 aromatic heterocycles. The van der Waals surface area contributed by atoms with Crippen LogP contribution in [0.5, 0.6) is 0 Å². The molecular formula is C31H41N5O2. The van der Waals surface area contributed by atoms with Gasteiger partial charge in [-0.1, -0.05) is 63.6 Å². The number of aryl methyl sites for hydroxylation is 1. The van der Waals surface area contributed by atoms with Crippen molar-refractivity contribution in [3.05, 3.63) is 71.4 Å². The van der Waals surface area contributed by atoms with Crippen LogP contribution in [0.3, 0.4) is 0 Å². The molecule has 0 unspecified atom stereocenters. The lowest BCUT2D eigenvalue weighted by Gasteiger charge is -2.32. The summed E-state index contributed by atoms with van der Waals surface area (Å²) in [5, 5.41) is 10.9. The summed E-state index contributed by atoms with van der Waals surface area (Å²) in [4.78, 5) is 27.4. The number of rotatable bonds is 7. The predicted octanol–water partition coefficient (Wildman–Crippen LogP) is 6.70. The van der Waals surface area contributed by atoms with Crippen LogP contribution in [-0.2, 0) is 16.6 Å². The molecule has 0 bridgehead atoms. The first-order chi connectivity index (χ1) is 18.1. The van der Waals surface area contributed by atoms with Crippen molar-refractivity contribution in [3.63, 3.8) is 0 Å². The van der Waals surface area contributed by atoms with Crippen molar-refractivity contribution in [2.75, 3.05) is 23.7 Å². The summed E-state index contributed by atoms with van der Waals surface area (Å²) < 4.78 is 1.79. The minimum Gasteiger partial charge on any atom is -0.343 e. The number of nitrogens with one attached hydrogen (secondary N) is 2. The zero-order valence-corrected chi connectivity index (χ0v) is 23.4. The number of hydrogen-bond donors (Lipinski definition) is 2. The summed E-state index contributed by atoms with van der Waals surface area (Å²) in [5.41, 5.74) is 4.73. The number of anilines is 2. The van der Waals surface area contributed by atoms with Crippen molar-refractivity contribution in [1.82, 2.24) is 14.7 Å². The average Bonchev–Trinajstić information content (AvgIpc) is 3.30. The van der Waals surface area contributed by atoms with E-state index in [0.717, 1.165) is 61.4 Å². The first-order valence-electron chi connectivity index (χ1n) is 13.8. The molecule has 2 heterocycles. The quantitative estimate of drug-likeness (QED) is 0.367. The van der Waals surface area contributed by atoms with Crippen molar-refractivity contribution in [2.45, 2.75) is 72.1 Å². The van der Waals surface area contributed by atoms with Crippen LogP contribution in [0.2, 0.25) is 0 Å². The third-order valence-electron chi connectivity index (χ3n) is 7.20. The minimum absolute atomic E-state index is 0.161. The van der Waals surface area contributed by atoms with Crippen LogP contribution in [0.15, 0.2) is 54.6 Å². The van der Waals surface area contributed by atoms with Crippen LogP contribution >= 0.6 is 0 Å². The van der Waals surface area contributed by atoms with E-state index in [-0.39, 0.29) is 17.4 Å². The Hall–Kier alpha value is -3.61. The van der Waals surface area contributed by atoms with E-state index in [1.807, 2.05) is 67.3 Å². The normalized spacial score (nSPS) is 14.4. The largest absolute Gasteiger partial charge is 0.343 e. The highest BCUT2D eigenvalue weighted by Crippen LogP contribution is 2.28. The van der Waals surface area contributed by atoms with Gasteiger partial charge >= 0.3 is 6.03 Å². The summed E-state index contributed by atoms with van der Waals surface area (Å²) in [6.45, 7) is 12.1. The number of carbonyl (C=O) groups excluding carboxylic acids is 2. The van der Waals surface area contributed by atoms with Crippen molar-refractivity contribution < 1.29 is 9.59 Å². The minimum atomic E-state index is -0.300. The molecule has 3 amide bonds. The summed E-state index contributed by atoms with van der Waals surface area (Å²) in [6.07, 6.45) is 4.38. The van der Waals surface area contributed by atoms with Gasteiger partial charge in [0.25, 0.3) is 0 Å². The van der Waals surface area contributed by atoms with Crippen LogP contribution in [0.1, 0.15) is 70.2 Å². The van der Waals surface area contributed by atoms with Gasteiger partial charge in [-0.2, -0.15) is 5.10 Å². The first-order valence-corrected chi connectivity index (χ1v) is 13.8. The van der Waals surface area contributed by atoms with E-state index in [9.17, 15) is 9.59 Å². The molecule has 7 nitrogen and oxygen atoms in total. The number of benzene rings is 2. The molecule has 1 fully saturated rings. The van der Waals surface area contributed by atoms with E-state index in [4.69, 9.17) is 5.10 Å². The molecule has 7 heteroatoms. The Morgan fingerprint density at radius 2 is 1.68 bits per heavy atom. The van der Waals surface area contributed by atoms with Gasteiger partial charge in [0.1, 0.15) is 5.82 Å². The average molecular weight is 516 g/mol. The topological polar surface area (TPSA) is 79.3 Å². The second-order valence-corrected chi connectivity index (χ2v) is 11.4. The summed E-state index contributed by atoms with van der Waals surface area (Å²) in [5.74, 6) is 1.38. The van der Waals surface area contributed by atoms with Gasteiger partial charge < -0.3 is 10.2 Å². The third kappa shape index (κ3) is 6.82. The highest BCUT2D eigenvalue weighted by molar-refractivity contribution is 6.00. The molecule has 2 aromatic carbocycles. The van der Waals surface area contributed by atoms with Crippen molar-refractivity contribution in [2.24, 2.45) is 5.92 Å². The molecule has 0 aliphatic carbocycles. The number of carbonyl (C=O) groups is 2. The van der Waals surface area contributed by atoms with Crippen LogP contribution in [0, 0.1) is 12.8 Å². The Kier molecular flexibility index (Phi) is 8.55. The number of urea groups is 1. The Morgan fingerprint density at radius 3 is 2.34 bits per heavy atom. The summed E-state index contributed by atoms with van der Waals surface area (Å²) in [6, 6.07) is 17.7. The molecule has 0 atom stereocenters. The second kappa shape index (κ2) is 11.8. The number of para-hydroxylation sites is 1. The van der Waals surface area contributed by atoms with Crippen LogP contribution in [-0.4, -0.2) is 39.7 Å². The fourth-order valence-corrected chi connectivity index (χ4v) is 4.88. The molecule has 0 spiro atoms. The van der Waals surface area contributed by atoms with E-state index in [2.05, 4.69) is 37.5 Å². The number of nitrogens with zero attached hydrogens (tertiary/aromatic N) is 3. The van der Waals surface area contributed by atoms with E-state index in [1.54, 1.807) is 4.68 Å². The third-order valence-corrected chi connectivity index (χ3v) is 7.20. The van der Waals surface area contributed by atoms with E-state index in [0.29, 0.717) is 18.2 Å². The molecular weight excluding hydrogens is 474 g/mol. The van der Waals surface area contributed by atoms with Crippen LogP contribution < -0.4 is 10.6 Å². The lowest BCUT2D eigenvalue weighted by atomic mass is 9.89. The Bertz CT molecular complexity index is 1250. The number of hydrogen-bond acceptors (Lipinski definition) is 3. The number of aromatic nitrogens is 2. The number of amides is 3. The van der Waals surface area contributed by atoms with Gasteiger partial charge in [-0.25, -0.2) is 9.48 Å². The molecule has 1 aliphatic rings. The van der Waals surface area contributed by atoms with Gasteiger partial charge in [-0.15, -0.1) is 0 Å². The molecule has 202 valence electrons. The van der Waals surface area contributed by atoms with Gasteiger partial charge in [-0.3, -0.25) is 10.1 Å². The number of likely N-dealkylation sites (tertiary alicyclic amines) is 1. The zero-order chi connectivity index (χ0) is 27.3. The Balaban J connectivity index is 1.45. The maximum atomic E-state index is 13.2. The standard InChI is InChI=1S/C31H41N5O2/c1-6-9-29(37)35-18-16-23(17-19-35)20-24-10-7-8-11-26(24)32-30(38)33-28-21-27(31(3,4)5)34-36(28)25-14-12-22(2)13-15-25/h7-8,10-15,21,23H,6,9,16-20H2,1-5H3,(H2,32,33,38).